The van der Waals surface area contributed by atoms with Crippen LogP contribution in [0.2, 0.25) is 0 Å². The molecule has 0 aromatic heterocycles. The van der Waals surface area contributed by atoms with Crippen LogP contribution in [0.1, 0.15) is 33.6 Å². The average Bonchev–Trinajstić information content (AvgIpc) is 3.09. The number of Topliss-reactive ketones (excluding diaryl/α,β-unsaturated/α-hetero) is 2. The molecule has 20 heavy (non-hydrogen) atoms. The van der Waals surface area contributed by atoms with Crippen LogP contribution in [0, 0.1) is 22.7 Å². The van der Waals surface area contributed by atoms with Crippen molar-refractivity contribution >= 4 is 11.6 Å². The third-order valence-electron chi connectivity index (χ3n) is 6.57. The number of aliphatic hydroxyl groups is 1. The molecule has 2 bridgehead atoms. The maximum Gasteiger partial charge on any atom is 0.171 e. The average molecular weight is 280 g/mol. The normalized spacial score (nSPS) is 54.8. The summed E-state index contributed by atoms with van der Waals surface area (Å²) in [7, 11) is 0. The topological polar surface area (TPSA) is 72.8 Å². The van der Waals surface area contributed by atoms with Crippen LogP contribution in [-0.2, 0) is 19.1 Å². The molecule has 1 N–H and O–H groups in total. The Balaban J connectivity index is 1.87. The van der Waals surface area contributed by atoms with Crippen molar-refractivity contribution in [2.45, 2.75) is 51.4 Å². The van der Waals surface area contributed by atoms with Crippen LogP contribution in [-0.4, -0.2) is 41.3 Å². The monoisotopic (exact) mass is 280 g/mol. The largest absolute Gasteiger partial charge is 0.371 e. The Labute approximate surface area is 117 Å². The van der Waals surface area contributed by atoms with Gasteiger partial charge in [-0.3, -0.25) is 9.59 Å². The minimum Gasteiger partial charge on any atom is -0.371 e. The predicted octanol–water partition coefficient (Wildman–Crippen LogP) is 0.683. The van der Waals surface area contributed by atoms with E-state index in [2.05, 4.69) is 0 Å². The van der Waals surface area contributed by atoms with Crippen LogP contribution in [0.15, 0.2) is 0 Å². The molecule has 2 saturated carbocycles. The predicted molar refractivity (Wildman–Crippen MR) is 67.7 cm³/mol. The van der Waals surface area contributed by atoms with E-state index < -0.39 is 35.4 Å². The van der Waals surface area contributed by atoms with E-state index in [1.807, 2.05) is 20.8 Å². The van der Waals surface area contributed by atoms with E-state index >= 15 is 0 Å². The lowest BCUT2D eigenvalue weighted by atomic mass is 9.58. The van der Waals surface area contributed by atoms with Gasteiger partial charge in [-0.25, -0.2) is 0 Å². The smallest absolute Gasteiger partial charge is 0.171 e. The first kappa shape index (κ1) is 12.9. The second-order valence-corrected chi connectivity index (χ2v) is 7.26. The van der Waals surface area contributed by atoms with Crippen molar-refractivity contribution < 1.29 is 24.2 Å². The number of ketones is 2. The van der Waals surface area contributed by atoms with E-state index in [1.54, 1.807) is 0 Å². The van der Waals surface area contributed by atoms with Gasteiger partial charge >= 0.3 is 0 Å². The highest BCUT2D eigenvalue weighted by Gasteiger charge is 2.86. The minimum absolute atomic E-state index is 0.120. The van der Waals surface area contributed by atoms with Gasteiger partial charge in [-0.2, -0.15) is 0 Å². The Kier molecular flexibility index (Phi) is 2.16. The van der Waals surface area contributed by atoms with Gasteiger partial charge in [0.1, 0.15) is 18.7 Å². The van der Waals surface area contributed by atoms with E-state index in [-0.39, 0.29) is 23.4 Å². The van der Waals surface area contributed by atoms with Crippen molar-refractivity contribution in [1.82, 2.24) is 0 Å². The van der Waals surface area contributed by atoms with Crippen LogP contribution in [0.3, 0.4) is 0 Å². The molecule has 1 spiro atoms. The van der Waals surface area contributed by atoms with Gasteiger partial charge in [0.25, 0.3) is 0 Å². The molecule has 0 unspecified atom stereocenters. The SMILES string of the molecule is C[C@@H]1C(=O)[C@H]2[C@](C)([C@H]3O[C@]2(C)C2(CC2)C3=O)[C@H]1OCO. The number of fused-ring (bicyclic) bond motifs is 6. The fraction of sp³-hybridized carbons (Fsp3) is 0.867. The highest BCUT2D eigenvalue weighted by atomic mass is 16.6. The fourth-order valence-electron chi connectivity index (χ4n) is 5.52. The first-order chi connectivity index (χ1) is 9.34. The van der Waals surface area contributed by atoms with Gasteiger partial charge in [0.15, 0.2) is 5.78 Å². The number of aliphatic hydroxyl groups excluding tert-OH is 1. The molecule has 0 amide bonds. The van der Waals surface area contributed by atoms with Crippen molar-refractivity contribution in [2.75, 3.05) is 6.79 Å². The molecule has 4 rings (SSSR count). The lowest BCUT2D eigenvalue weighted by Gasteiger charge is -2.41. The van der Waals surface area contributed by atoms with Gasteiger partial charge in [-0.15, -0.1) is 0 Å². The molecule has 0 aromatic carbocycles. The van der Waals surface area contributed by atoms with Crippen molar-refractivity contribution in [3.63, 3.8) is 0 Å². The van der Waals surface area contributed by atoms with Crippen LogP contribution in [0.25, 0.3) is 0 Å². The summed E-state index contributed by atoms with van der Waals surface area (Å²) in [6.45, 7) is 5.24. The van der Waals surface area contributed by atoms with Crippen LogP contribution in [0.4, 0.5) is 0 Å². The van der Waals surface area contributed by atoms with E-state index in [1.165, 1.54) is 0 Å². The summed E-state index contributed by atoms with van der Waals surface area (Å²) in [6, 6.07) is 0. The molecule has 110 valence electrons. The number of ether oxygens (including phenoxy) is 2. The Bertz CT molecular complexity index is 524. The zero-order valence-corrected chi connectivity index (χ0v) is 12.0. The van der Waals surface area contributed by atoms with Gasteiger partial charge in [-0.05, 0) is 19.8 Å². The maximum absolute atomic E-state index is 12.7. The third-order valence-corrected chi connectivity index (χ3v) is 6.57. The summed E-state index contributed by atoms with van der Waals surface area (Å²) in [5.41, 5.74) is -1.74. The number of hydrogen-bond donors (Lipinski definition) is 1. The van der Waals surface area contributed by atoms with Crippen LogP contribution >= 0.6 is 0 Å². The molecule has 5 nitrogen and oxygen atoms in total. The maximum atomic E-state index is 12.7. The third kappa shape index (κ3) is 1.00. The molecule has 2 heterocycles. The van der Waals surface area contributed by atoms with Gasteiger partial charge in [0.2, 0.25) is 0 Å². The van der Waals surface area contributed by atoms with Gasteiger partial charge < -0.3 is 14.6 Å². The zero-order valence-electron chi connectivity index (χ0n) is 12.0. The molecular formula is C15H20O5. The summed E-state index contributed by atoms with van der Waals surface area (Å²) >= 11 is 0. The molecule has 0 aromatic rings. The summed E-state index contributed by atoms with van der Waals surface area (Å²) < 4.78 is 11.5. The Hall–Kier alpha value is -0.780. The number of rotatable bonds is 2. The Morgan fingerprint density at radius 2 is 2.00 bits per heavy atom. The number of hydrogen-bond acceptors (Lipinski definition) is 5. The molecule has 2 saturated heterocycles. The van der Waals surface area contributed by atoms with Gasteiger partial charge in [0, 0.05) is 11.3 Å². The summed E-state index contributed by atoms with van der Waals surface area (Å²) in [4.78, 5) is 25.5. The Morgan fingerprint density at radius 3 is 2.55 bits per heavy atom. The highest BCUT2D eigenvalue weighted by Crippen LogP contribution is 2.75. The van der Waals surface area contributed by atoms with Crippen molar-refractivity contribution in [3.8, 4) is 0 Å². The summed E-state index contributed by atoms with van der Waals surface area (Å²) in [6.07, 6.45) is 0.652. The lowest BCUT2D eigenvalue weighted by molar-refractivity contribution is -0.146. The number of carbonyl (C=O) groups excluding carboxylic acids is 2. The van der Waals surface area contributed by atoms with Crippen LogP contribution < -0.4 is 0 Å². The Morgan fingerprint density at radius 1 is 1.35 bits per heavy atom. The second kappa shape index (κ2) is 3.34. The first-order valence-corrected chi connectivity index (χ1v) is 7.33. The zero-order chi connectivity index (χ0) is 14.5. The van der Waals surface area contributed by atoms with E-state index in [4.69, 9.17) is 14.6 Å². The molecule has 5 heteroatoms. The minimum atomic E-state index is -0.678. The van der Waals surface area contributed by atoms with Crippen molar-refractivity contribution in [1.29, 1.82) is 0 Å². The number of carbonyl (C=O) groups is 2. The molecule has 6 atom stereocenters. The molecular weight excluding hydrogens is 260 g/mol. The molecule has 4 fully saturated rings. The van der Waals surface area contributed by atoms with Gasteiger partial charge in [0.05, 0.1) is 23.0 Å². The molecule has 0 radical (unpaired) electrons. The summed E-state index contributed by atoms with van der Waals surface area (Å²) in [5.74, 6) is -0.335. The van der Waals surface area contributed by atoms with Crippen molar-refractivity contribution in [2.24, 2.45) is 22.7 Å². The highest BCUT2D eigenvalue weighted by molar-refractivity contribution is 6.02. The molecule has 2 aliphatic heterocycles. The quantitative estimate of drug-likeness (QED) is 0.753. The van der Waals surface area contributed by atoms with Crippen molar-refractivity contribution in [3.05, 3.63) is 0 Å². The van der Waals surface area contributed by atoms with E-state index in [0.717, 1.165) is 12.8 Å². The second-order valence-electron chi connectivity index (χ2n) is 7.26. The first-order valence-electron chi connectivity index (χ1n) is 7.33. The summed E-state index contributed by atoms with van der Waals surface area (Å²) in [5, 5.41) is 9.12. The lowest BCUT2D eigenvalue weighted by Crippen LogP contribution is -2.56. The molecule has 4 aliphatic rings. The standard InChI is InChI=1S/C15H20O5/c1-7-8(17)9-13(2,11(7)19-6-16)12-10(18)15(4-5-15)14(9,3)20-12/h7,9,11-12,16H,4-6H2,1-3H3/t7-,9+,11+,12+,13+,14+/m1/s1. The van der Waals surface area contributed by atoms with Crippen LogP contribution in [0.5, 0.6) is 0 Å². The fourth-order valence-corrected chi connectivity index (χ4v) is 5.52. The molecule has 2 aliphatic carbocycles. The van der Waals surface area contributed by atoms with E-state index in [9.17, 15) is 9.59 Å². The van der Waals surface area contributed by atoms with E-state index in [0.29, 0.717) is 0 Å². The van der Waals surface area contributed by atoms with Gasteiger partial charge in [-0.1, -0.05) is 13.8 Å².